The van der Waals surface area contributed by atoms with Crippen LogP contribution in [0.5, 0.6) is 0 Å². The summed E-state index contributed by atoms with van der Waals surface area (Å²) < 4.78 is 5.82. The SMILES string of the molecule is O=C(O)c1ccc(CN2C(=O)C(=O)c3cc(Br)ccc32)o1. The van der Waals surface area contributed by atoms with Crippen molar-refractivity contribution in [2.24, 2.45) is 0 Å². The molecule has 106 valence electrons. The minimum absolute atomic E-state index is 0.00643. The number of benzene rings is 1. The van der Waals surface area contributed by atoms with Crippen molar-refractivity contribution in [3.8, 4) is 0 Å². The van der Waals surface area contributed by atoms with Gasteiger partial charge in [0.2, 0.25) is 5.76 Å². The molecule has 0 bridgehead atoms. The molecule has 2 heterocycles. The van der Waals surface area contributed by atoms with E-state index in [2.05, 4.69) is 15.9 Å². The summed E-state index contributed by atoms with van der Waals surface area (Å²) in [4.78, 5) is 36.0. The number of carbonyl (C=O) groups excluding carboxylic acids is 2. The lowest BCUT2D eigenvalue weighted by Gasteiger charge is -2.14. The molecule has 1 aliphatic heterocycles. The number of ketones is 1. The van der Waals surface area contributed by atoms with Crippen LogP contribution in [0, 0.1) is 0 Å². The number of carboxylic acid groups (broad SMARTS) is 1. The molecule has 1 aromatic carbocycles. The molecular formula is C14H8BrNO5. The number of carboxylic acids is 1. The first-order valence-electron chi connectivity index (χ1n) is 5.95. The Morgan fingerprint density at radius 2 is 2.00 bits per heavy atom. The Labute approximate surface area is 127 Å². The van der Waals surface area contributed by atoms with Crippen LogP contribution in [0.2, 0.25) is 0 Å². The number of amides is 1. The predicted molar refractivity (Wildman–Crippen MR) is 75.3 cm³/mol. The molecule has 0 saturated carbocycles. The van der Waals surface area contributed by atoms with Gasteiger partial charge in [-0.25, -0.2) is 4.79 Å². The van der Waals surface area contributed by atoms with E-state index in [4.69, 9.17) is 9.52 Å². The number of Topliss-reactive ketones (excluding diaryl/α,β-unsaturated/α-hetero) is 1. The largest absolute Gasteiger partial charge is 0.475 e. The number of halogens is 1. The molecule has 1 amide bonds. The van der Waals surface area contributed by atoms with Crippen LogP contribution in [0.15, 0.2) is 39.2 Å². The fourth-order valence-corrected chi connectivity index (χ4v) is 2.52. The highest BCUT2D eigenvalue weighted by Crippen LogP contribution is 2.32. The molecule has 0 saturated heterocycles. The van der Waals surface area contributed by atoms with E-state index in [0.717, 1.165) is 0 Å². The van der Waals surface area contributed by atoms with E-state index >= 15 is 0 Å². The second kappa shape index (κ2) is 4.85. The minimum atomic E-state index is -1.19. The van der Waals surface area contributed by atoms with Crippen molar-refractivity contribution >= 4 is 39.3 Å². The van der Waals surface area contributed by atoms with Crippen molar-refractivity contribution in [2.75, 3.05) is 4.90 Å². The Balaban J connectivity index is 1.94. The summed E-state index contributed by atoms with van der Waals surface area (Å²) in [6.07, 6.45) is 0. The zero-order valence-corrected chi connectivity index (χ0v) is 12.1. The molecule has 0 radical (unpaired) electrons. The van der Waals surface area contributed by atoms with Crippen LogP contribution in [0.4, 0.5) is 5.69 Å². The number of hydrogen-bond donors (Lipinski definition) is 1. The normalized spacial score (nSPS) is 13.7. The highest BCUT2D eigenvalue weighted by Gasteiger charge is 2.36. The monoisotopic (exact) mass is 349 g/mol. The maximum absolute atomic E-state index is 12.0. The summed E-state index contributed by atoms with van der Waals surface area (Å²) in [5.74, 6) is -2.34. The number of aromatic carboxylic acids is 1. The van der Waals surface area contributed by atoms with Gasteiger partial charge in [0, 0.05) is 4.47 Å². The van der Waals surface area contributed by atoms with Crippen LogP contribution < -0.4 is 4.90 Å². The van der Waals surface area contributed by atoms with Crippen molar-refractivity contribution in [1.29, 1.82) is 0 Å². The first-order chi connectivity index (χ1) is 9.97. The van der Waals surface area contributed by atoms with Crippen LogP contribution in [-0.2, 0) is 11.3 Å². The molecule has 1 N–H and O–H groups in total. The number of furan rings is 1. The predicted octanol–water partition coefficient (Wildman–Crippen LogP) is 2.47. The molecule has 21 heavy (non-hydrogen) atoms. The number of nitrogens with zero attached hydrogens (tertiary/aromatic N) is 1. The van der Waals surface area contributed by atoms with Gasteiger partial charge in [-0.15, -0.1) is 0 Å². The standard InChI is InChI=1S/C14H8BrNO5/c15-7-1-3-10-9(5-7)12(17)13(18)16(10)6-8-2-4-11(21-8)14(19)20/h1-5H,6H2,(H,19,20). The minimum Gasteiger partial charge on any atom is -0.475 e. The summed E-state index contributed by atoms with van der Waals surface area (Å²) >= 11 is 3.25. The Morgan fingerprint density at radius 1 is 1.24 bits per heavy atom. The molecule has 0 fully saturated rings. The van der Waals surface area contributed by atoms with E-state index in [0.29, 0.717) is 21.5 Å². The summed E-state index contributed by atoms with van der Waals surface area (Å²) in [5, 5.41) is 8.81. The topological polar surface area (TPSA) is 87.8 Å². The number of hydrogen-bond acceptors (Lipinski definition) is 4. The van der Waals surface area contributed by atoms with Crippen LogP contribution >= 0.6 is 15.9 Å². The Morgan fingerprint density at radius 3 is 2.67 bits per heavy atom. The lowest BCUT2D eigenvalue weighted by molar-refractivity contribution is -0.114. The van der Waals surface area contributed by atoms with Crippen LogP contribution in [0.1, 0.15) is 26.7 Å². The van der Waals surface area contributed by atoms with E-state index in [-0.39, 0.29) is 12.3 Å². The van der Waals surface area contributed by atoms with Gasteiger partial charge < -0.3 is 9.52 Å². The van der Waals surface area contributed by atoms with Gasteiger partial charge in [-0.1, -0.05) is 15.9 Å². The van der Waals surface area contributed by atoms with Crippen molar-refractivity contribution in [3.05, 3.63) is 51.9 Å². The molecule has 0 atom stereocenters. The van der Waals surface area contributed by atoms with Gasteiger partial charge in [0.05, 0.1) is 17.8 Å². The molecule has 2 aromatic rings. The Hall–Kier alpha value is -2.41. The molecular weight excluding hydrogens is 342 g/mol. The fraction of sp³-hybridized carbons (Fsp3) is 0.0714. The summed E-state index contributed by atoms with van der Waals surface area (Å²) in [6.45, 7) is 0.00643. The van der Waals surface area contributed by atoms with E-state index in [1.807, 2.05) is 0 Å². The van der Waals surface area contributed by atoms with E-state index in [9.17, 15) is 14.4 Å². The molecule has 6 nitrogen and oxygen atoms in total. The van der Waals surface area contributed by atoms with Gasteiger partial charge in [-0.3, -0.25) is 14.5 Å². The maximum Gasteiger partial charge on any atom is 0.371 e. The maximum atomic E-state index is 12.0. The van der Waals surface area contributed by atoms with Gasteiger partial charge >= 0.3 is 5.97 Å². The summed E-state index contributed by atoms with van der Waals surface area (Å²) in [5.41, 5.74) is 0.806. The summed E-state index contributed by atoms with van der Waals surface area (Å²) in [6, 6.07) is 7.74. The Kier molecular flexibility index (Phi) is 3.13. The third kappa shape index (κ3) is 2.25. The quantitative estimate of drug-likeness (QED) is 0.860. The molecule has 0 unspecified atom stereocenters. The zero-order valence-electron chi connectivity index (χ0n) is 10.5. The fourth-order valence-electron chi connectivity index (χ4n) is 2.16. The van der Waals surface area contributed by atoms with Crippen LogP contribution in [-0.4, -0.2) is 22.8 Å². The number of carbonyl (C=O) groups is 3. The van der Waals surface area contributed by atoms with Gasteiger partial charge in [0.15, 0.2) is 0 Å². The van der Waals surface area contributed by atoms with E-state index in [1.165, 1.54) is 17.0 Å². The molecule has 3 rings (SSSR count). The van der Waals surface area contributed by atoms with Gasteiger partial charge in [-0.05, 0) is 30.3 Å². The lowest BCUT2D eigenvalue weighted by Crippen LogP contribution is -2.28. The molecule has 0 aliphatic carbocycles. The first-order valence-corrected chi connectivity index (χ1v) is 6.74. The third-order valence-corrected chi connectivity index (χ3v) is 3.61. The van der Waals surface area contributed by atoms with Gasteiger partial charge in [0.1, 0.15) is 5.76 Å². The summed E-state index contributed by atoms with van der Waals surface area (Å²) in [7, 11) is 0. The Bertz CT molecular complexity index is 779. The number of fused-ring (bicyclic) bond motifs is 1. The van der Waals surface area contributed by atoms with E-state index < -0.39 is 17.7 Å². The van der Waals surface area contributed by atoms with Crippen LogP contribution in [0.3, 0.4) is 0 Å². The molecule has 1 aliphatic rings. The zero-order chi connectivity index (χ0) is 15.1. The van der Waals surface area contributed by atoms with Gasteiger partial charge in [-0.2, -0.15) is 0 Å². The third-order valence-electron chi connectivity index (χ3n) is 3.12. The van der Waals surface area contributed by atoms with Crippen LogP contribution in [0.25, 0.3) is 0 Å². The number of anilines is 1. The lowest BCUT2D eigenvalue weighted by atomic mass is 10.1. The molecule has 0 spiro atoms. The van der Waals surface area contributed by atoms with Crippen molar-refractivity contribution < 1.29 is 23.9 Å². The van der Waals surface area contributed by atoms with E-state index in [1.54, 1.807) is 18.2 Å². The highest BCUT2D eigenvalue weighted by molar-refractivity contribution is 9.10. The van der Waals surface area contributed by atoms with Crippen molar-refractivity contribution in [3.63, 3.8) is 0 Å². The number of rotatable bonds is 3. The van der Waals surface area contributed by atoms with Crippen molar-refractivity contribution in [2.45, 2.75) is 6.54 Å². The average Bonchev–Trinajstić information content (AvgIpc) is 2.99. The van der Waals surface area contributed by atoms with Crippen molar-refractivity contribution in [1.82, 2.24) is 0 Å². The average molecular weight is 350 g/mol. The first kappa shape index (κ1) is 13.6. The second-order valence-electron chi connectivity index (χ2n) is 4.45. The smallest absolute Gasteiger partial charge is 0.371 e. The highest BCUT2D eigenvalue weighted by atomic mass is 79.9. The van der Waals surface area contributed by atoms with Gasteiger partial charge in [0.25, 0.3) is 11.7 Å². The second-order valence-corrected chi connectivity index (χ2v) is 5.37. The molecule has 1 aromatic heterocycles. The molecule has 7 heteroatoms.